The van der Waals surface area contributed by atoms with Gasteiger partial charge in [-0.1, -0.05) is 6.07 Å². The number of nitrogens with one attached hydrogen (secondary N) is 1. The van der Waals surface area contributed by atoms with Crippen LogP contribution in [0.15, 0.2) is 12.1 Å². The monoisotopic (exact) mass is 208 g/mol. The summed E-state index contributed by atoms with van der Waals surface area (Å²) < 4.78 is 0. The topological polar surface area (TPSA) is 33.5 Å². The largest absolute Gasteiger partial charge is 0.347 e. The van der Waals surface area contributed by atoms with Crippen molar-refractivity contribution in [3.05, 3.63) is 28.4 Å². The van der Waals surface area contributed by atoms with Crippen LogP contribution in [0.25, 0.3) is 4.85 Å². The Morgan fingerprint density at radius 3 is 2.57 bits per heavy atom. The summed E-state index contributed by atoms with van der Waals surface area (Å²) in [6.45, 7) is 12.6. The third-order valence-corrected chi connectivity index (χ3v) is 2.39. The molecule has 1 aromatic rings. The molecule has 0 aromatic carbocycles. The number of hydrogen-bond acceptors (Lipinski definition) is 2. The van der Waals surface area contributed by atoms with E-state index in [1.807, 2.05) is 20.8 Å². The molecule has 0 atom stereocenters. The molecule has 14 heavy (non-hydrogen) atoms. The van der Waals surface area contributed by atoms with Gasteiger partial charge in [0.15, 0.2) is 0 Å². The van der Waals surface area contributed by atoms with E-state index < -0.39 is 0 Å². The summed E-state index contributed by atoms with van der Waals surface area (Å²) in [4.78, 5) is 15.4. The zero-order valence-electron chi connectivity index (χ0n) is 8.42. The normalized spacial score (nSPS) is 10.7. The second-order valence-electron chi connectivity index (χ2n) is 3.95. The van der Waals surface area contributed by atoms with Crippen molar-refractivity contribution in [2.75, 3.05) is 0 Å². The zero-order valence-corrected chi connectivity index (χ0v) is 9.23. The van der Waals surface area contributed by atoms with E-state index in [-0.39, 0.29) is 11.4 Å². The lowest BCUT2D eigenvalue weighted by Crippen LogP contribution is -2.40. The van der Waals surface area contributed by atoms with Crippen LogP contribution in [-0.4, -0.2) is 11.4 Å². The number of rotatable bonds is 1. The summed E-state index contributed by atoms with van der Waals surface area (Å²) >= 11 is 1.22. The Morgan fingerprint density at radius 1 is 1.50 bits per heavy atom. The van der Waals surface area contributed by atoms with E-state index in [4.69, 9.17) is 6.57 Å². The summed E-state index contributed by atoms with van der Waals surface area (Å²) in [6, 6.07) is 3.34. The van der Waals surface area contributed by atoms with Gasteiger partial charge in [0, 0.05) is 5.54 Å². The van der Waals surface area contributed by atoms with Crippen LogP contribution in [0.3, 0.4) is 0 Å². The quantitative estimate of drug-likeness (QED) is 0.707. The smallest absolute Gasteiger partial charge is 0.260 e. The third-order valence-electron chi connectivity index (χ3n) is 1.41. The molecule has 1 rings (SSSR count). The lowest BCUT2D eigenvalue weighted by Gasteiger charge is -2.19. The molecule has 0 aliphatic rings. The van der Waals surface area contributed by atoms with Gasteiger partial charge in [0.25, 0.3) is 5.91 Å². The first kappa shape index (κ1) is 10.7. The molecular formula is C10H12N2OS. The van der Waals surface area contributed by atoms with Gasteiger partial charge in [-0.3, -0.25) is 4.79 Å². The molecule has 4 heteroatoms. The van der Waals surface area contributed by atoms with Crippen molar-refractivity contribution < 1.29 is 4.79 Å². The highest BCUT2D eigenvalue weighted by Gasteiger charge is 2.16. The average molecular weight is 208 g/mol. The molecule has 0 radical (unpaired) electrons. The summed E-state index contributed by atoms with van der Waals surface area (Å²) in [5, 5.41) is 3.39. The predicted octanol–water partition coefficient (Wildman–Crippen LogP) is 2.83. The van der Waals surface area contributed by atoms with Crippen LogP contribution in [0.5, 0.6) is 0 Å². The lowest BCUT2D eigenvalue weighted by molar-refractivity contribution is 0.0924. The highest BCUT2D eigenvalue weighted by atomic mass is 32.1. The summed E-state index contributed by atoms with van der Waals surface area (Å²) in [7, 11) is 0. The van der Waals surface area contributed by atoms with Crippen LogP contribution in [0, 0.1) is 6.57 Å². The van der Waals surface area contributed by atoms with Gasteiger partial charge in [-0.25, -0.2) is 4.85 Å². The maximum Gasteiger partial charge on any atom is 0.260 e. The maximum absolute atomic E-state index is 11.6. The third kappa shape index (κ3) is 2.86. The van der Waals surface area contributed by atoms with E-state index in [2.05, 4.69) is 10.2 Å². The fourth-order valence-electron chi connectivity index (χ4n) is 0.912. The second-order valence-corrected chi connectivity index (χ2v) is 5.02. The molecule has 1 amide bonds. The van der Waals surface area contributed by atoms with Gasteiger partial charge in [0.2, 0.25) is 5.00 Å². The molecule has 74 valence electrons. The van der Waals surface area contributed by atoms with Crippen molar-refractivity contribution in [1.82, 2.24) is 5.32 Å². The van der Waals surface area contributed by atoms with Gasteiger partial charge in [-0.05, 0) is 26.8 Å². The number of hydrogen-bond donors (Lipinski definition) is 1. The molecule has 0 aliphatic carbocycles. The number of amides is 1. The lowest BCUT2D eigenvalue weighted by atomic mass is 10.1. The van der Waals surface area contributed by atoms with E-state index in [0.29, 0.717) is 9.88 Å². The van der Waals surface area contributed by atoms with Crippen molar-refractivity contribution >= 4 is 22.2 Å². The summed E-state index contributed by atoms with van der Waals surface area (Å²) in [6.07, 6.45) is 0. The van der Waals surface area contributed by atoms with Crippen molar-refractivity contribution in [1.29, 1.82) is 0 Å². The standard InChI is InChI=1S/C10H12N2OS/c1-10(2,3)12-9(13)7-5-6-8(11-4)14-7/h5-6H,1-3H3,(H,12,13). The number of carbonyl (C=O) groups excluding carboxylic acids is 1. The number of carbonyl (C=O) groups is 1. The Hall–Kier alpha value is -1.34. The average Bonchev–Trinajstić information content (AvgIpc) is 2.48. The molecule has 1 N–H and O–H groups in total. The Labute approximate surface area is 87.6 Å². The molecule has 0 fully saturated rings. The predicted molar refractivity (Wildman–Crippen MR) is 57.8 cm³/mol. The Balaban J connectivity index is 2.76. The molecule has 0 bridgehead atoms. The van der Waals surface area contributed by atoms with Crippen LogP contribution < -0.4 is 5.32 Å². The first-order valence-electron chi connectivity index (χ1n) is 4.22. The second kappa shape index (κ2) is 3.81. The molecule has 0 unspecified atom stereocenters. The minimum absolute atomic E-state index is 0.114. The van der Waals surface area contributed by atoms with Crippen molar-refractivity contribution in [3.63, 3.8) is 0 Å². The maximum atomic E-state index is 11.6. The van der Waals surface area contributed by atoms with Gasteiger partial charge in [-0.15, -0.1) is 11.3 Å². The van der Waals surface area contributed by atoms with Gasteiger partial charge >= 0.3 is 0 Å². The summed E-state index contributed by atoms with van der Waals surface area (Å²) in [5.74, 6) is -0.114. The van der Waals surface area contributed by atoms with E-state index in [1.165, 1.54) is 11.3 Å². The van der Waals surface area contributed by atoms with E-state index in [9.17, 15) is 4.79 Å². The van der Waals surface area contributed by atoms with Crippen LogP contribution in [0.4, 0.5) is 5.00 Å². The van der Waals surface area contributed by atoms with Crippen molar-refractivity contribution in [3.8, 4) is 0 Å². The van der Waals surface area contributed by atoms with Gasteiger partial charge < -0.3 is 5.32 Å². The van der Waals surface area contributed by atoms with Gasteiger partial charge in [-0.2, -0.15) is 0 Å². The molecule has 3 nitrogen and oxygen atoms in total. The highest BCUT2D eigenvalue weighted by molar-refractivity contribution is 7.18. The first-order valence-corrected chi connectivity index (χ1v) is 5.04. The van der Waals surface area contributed by atoms with Crippen LogP contribution >= 0.6 is 11.3 Å². The fraction of sp³-hybridized carbons (Fsp3) is 0.400. The van der Waals surface area contributed by atoms with Gasteiger partial charge in [0.05, 0.1) is 11.4 Å². The van der Waals surface area contributed by atoms with Crippen LogP contribution in [0.2, 0.25) is 0 Å². The molecule has 1 aromatic heterocycles. The summed E-state index contributed by atoms with van der Waals surface area (Å²) in [5.41, 5.74) is -0.237. The van der Waals surface area contributed by atoms with Crippen LogP contribution in [0.1, 0.15) is 30.4 Å². The molecule has 0 aliphatic heterocycles. The van der Waals surface area contributed by atoms with Gasteiger partial charge in [0.1, 0.15) is 0 Å². The number of nitrogens with zero attached hydrogens (tertiary/aromatic N) is 1. The van der Waals surface area contributed by atoms with E-state index in [0.717, 1.165) is 0 Å². The molecule has 0 spiro atoms. The Kier molecular flexibility index (Phi) is 2.92. The van der Waals surface area contributed by atoms with Crippen LogP contribution in [-0.2, 0) is 0 Å². The molecule has 0 saturated carbocycles. The fourth-order valence-corrected chi connectivity index (χ4v) is 1.60. The SMILES string of the molecule is [C-]#[N+]c1ccc(C(=O)NC(C)(C)C)s1. The van der Waals surface area contributed by atoms with Crippen molar-refractivity contribution in [2.24, 2.45) is 0 Å². The van der Waals surface area contributed by atoms with E-state index >= 15 is 0 Å². The minimum atomic E-state index is -0.237. The zero-order chi connectivity index (χ0) is 10.8. The van der Waals surface area contributed by atoms with Crippen molar-refractivity contribution in [2.45, 2.75) is 26.3 Å². The first-order chi connectivity index (χ1) is 6.42. The molecule has 0 saturated heterocycles. The number of thiophene rings is 1. The molecular weight excluding hydrogens is 196 g/mol. The minimum Gasteiger partial charge on any atom is -0.347 e. The van der Waals surface area contributed by atoms with E-state index in [1.54, 1.807) is 12.1 Å². The molecule has 1 heterocycles. The Bertz CT molecular complexity index is 382. The highest BCUT2D eigenvalue weighted by Crippen LogP contribution is 2.24. The Morgan fingerprint density at radius 2 is 2.14 bits per heavy atom.